The number of nitrogens with one attached hydrogen (secondary N) is 2. The van der Waals surface area contributed by atoms with Gasteiger partial charge in [0.2, 0.25) is 5.91 Å². The van der Waals surface area contributed by atoms with E-state index in [0.717, 1.165) is 12.2 Å². The lowest BCUT2D eigenvalue weighted by atomic mass is 10.2. The van der Waals surface area contributed by atoms with Crippen molar-refractivity contribution >= 4 is 5.91 Å². The summed E-state index contributed by atoms with van der Waals surface area (Å²) < 4.78 is 5.05. The summed E-state index contributed by atoms with van der Waals surface area (Å²) in [4.78, 5) is 18.3. The smallest absolute Gasteiger partial charge is 0.220 e. The van der Waals surface area contributed by atoms with E-state index in [4.69, 9.17) is 4.74 Å². The minimum Gasteiger partial charge on any atom is -0.382 e. The molecule has 0 fully saturated rings. The minimum atomic E-state index is 0.0234. The van der Waals surface area contributed by atoms with Crippen LogP contribution < -0.4 is 5.32 Å². The monoisotopic (exact) mass is 211 g/mol. The Bertz CT molecular complexity index is 285. The lowest BCUT2D eigenvalue weighted by Crippen LogP contribution is -2.24. The van der Waals surface area contributed by atoms with E-state index in [9.17, 15) is 4.79 Å². The predicted octanol–water partition coefficient (Wildman–Crippen LogP) is 0.841. The molecule has 2 N–H and O–H groups in total. The molecule has 5 nitrogen and oxygen atoms in total. The van der Waals surface area contributed by atoms with Crippen molar-refractivity contribution in [2.45, 2.75) is 32.4 Å². The fourth-order valence-corrected chi connectivity index (χ4v) is 1.12. The molecule has 5 heteroatoms. The first kappa shape index (κ1) is 11.7. The fourth-order valence-electron chi connectivity index (χ4n) is 1.12. The lowest BCUT2D eigenvalue weighted by Gasteiger charge is -2.08. The van der Waals surface area contributed by atoms with E-state index in [-0.39, 0.29) is 12.0 Å². The highest BCUT2D eigenvalue weighted by Gasteiger charge is 2.05. The number of amides is 1. The maximum atomic E-state index is 11.4. The molecule has 0 aromatic carbocycles. The Hall–Kier alpha value is -1.36. The van der Waals surface area contributed by atoms with Crippen LogP contribution in [0, 0.1) is 0 Å². The molecule has 0 spiro atoms. The molecule has 0 saturated carbocycles. The van der Waals surface area contributed by atoms with Crippen molar-refractivity contribution < 1.29 is 9.53 Å². The van der Waals surface area contributed by atoms with Gasteiger partial charge in [0.15, 0.2) is 0 Å². The van der Waals surface area contributed by atoms with Crippen molar-refractivity contribution in [2.75, 3.05) is 7.11 Å². The Labute approximate surface area is 89.2 Å². The lowest BCUT2D eigenvalue weighted by molar-refractivity contribution is -0.121. The van der Waals surface area contributed by atoms with E-state index < -0.39 is 0 Å². The molecule has 15 heavy (non-hydrogen) atoms. The van der Waals surface area contributed by atoms with Crippen LogP contribution >= 0.6 is 0 Å². The quantitative estimate of drug-likeness (QED) is 0.732. The molecule has 0 radical (unpaired) electrons. The topological polar surface area (TPSA) is 67.0 Å². The maximum Gasteiger partial charge on any atom is 0.220 e. The van der Waals surface area contributed by atoms with Gasteiger partial charge in [-0.2, -0.15) is 0 Å². The first-order valence-electron chi connectivity index (χ1n) is 5.00. The third-order valence-corrected chi connectivity index (χ3v) is 2.19. The van der Waals surface area contributed by atoms with Crippen LogP contribution in [0.4, 0.5) is 0 Å². The number of hydrogen-bond donors (Lipinski definition) is 2. The zero-order chi connectivity index (χ0) is 11.1. The van der Waals surface area contributed by atoms with Crippen molar-refractivity contribution in [1.82, 2.24) is 15.3 Å². The van der Waals surface area contributed by atoms with E-state index in [1.165, 1.54) is 0 Å². The summed E-state index contributed by atoms with van der Waals surface area (Å²) in [6.45, 7) is 2.40. The zero-order valence-electron chi connectivity index (χ0n) is 9.12. The molecule has 0 saturated heterocycles. The number of aromatic nitrogens is 2. The minimum absolute atomic E-state index is 0.0234. The molecule has 1 unspecified atom stereocenters. The van der Waals surface area contributed by atoms with Crippen LogP contribution in [0.3, 0.4) is 0 Å². The van der Waals surface area contributed by atoms with Crippen LogP contribution in [-0.2, 0) is 16.1 Å². The van der Waals surface area contributed by atoms with Gasteiger partial charge in [0, 0.05) is 25.9 Å². The van der Waals surface area contributed by atoms with Gasteiger partial charge in [0.25, 0.3) is 0 Å². The molecule has 1 heterocycles. The van der Waals surface area contributed by atoms with Gasteiger partial charge in [-0.15, -0.1) is 0 Å². The van der Waals surface area contributed by atoms with Gasteiger partial charge in [0.1, 0.15) is 5.82 Å². The fraction of sp³-hybridized carbons (Fsp3) is 0.600. The Morgan fingerprint density at radius 3 is 3.13 bits per heavy atom. The summed E-state index contributed by atoms with van der Waals surface area (Å²) in [5.74, 6) is 0.790. The van der Waals surface area contributed by atoms with Gasteiger partial charge in [-0.3, -0.25) is 4.79 Å². The molecule has 1 amide bonds. The zero-order valence-corrected chi connectivity index (χ0v) is 9.12. The van der Waals surface area contributed by atoms with Crippen molar-refractivity contribution in [2.24, 2.45) is 0 Å². The highest BCUT2D eigenvalue weighted by atomic mass is 16.5. The molecule has 0 aliphatic rings. The van der Waals surface area contributed by atoms with Crippen molar-refractivity contribution in [3.8, 4) is 0 Å². The first-order valence-corrected chi connectivity index (χ1v) is 5.00. The van der Waals surface area contributed by atoms with Gasteiger partial charge >= 0.3 is 0 Å². The number of H-pyrrole nitrogens is 1. The second-order valence-corrected chi connectivity index (χ2v) is 3.40. The van der Waals surface area contributed by atoms with Gasteiger partial charge in [-0.05, 0) is 13.3 Å². The molecular weight excluding hydrogens is 194 g/mol. The summed E-state index contributed by atoms with van der Waals surface area (Å²) in [7, 11) is 1.64. The van der Waals surface area contributed by atoms with E-state index in [1.807, 2.05) is 6.92 Å². The van der Waals surface area contributed by atoms with Crippen molar-refractivity contribution in [3.05, 3.63) is 18.2 Å². The summed E-state index contributed by atoms with van der Waals surface area (Å²) in [5, 5.41) is 2.78. The standard InChI is InChI=1S/C10H17N3O2/c1-8(15-2)3-4-10(14)13-7-9-11-5-6-12-9/h5-6,8H,3-4,7H2,1-2H3,(H,11,12)(H,13,14). The average Bonchev–Trinajstić information content (AvgIpc) is 2.75. The number of carbonyl (C=O) groups excluding carboxylic acids is 1. The predicted molar refractivity (Wildman–Crippen MR) is 56.1 cm³/mol. The van der Waals surface area contributed by atoms with Crippen LogP contribution in [0.5, 0.6) is 0 Å². The van der Waals surface area contributed by atoms with E-state index in [0.29, 0.717) is 13.0 Å². The number of methoxy groups -OCH3 is 1. The molecule has 1 rings (SSSR count). The number of ether oxygens (including phenoxy) is 1. The average molecular weight is 211 g/mol. The number of rotatable bonds is 6. The molecular formula is C10H17N3O2. The van der Waals surface area contributed by atoms with Crippen LogP contribution in [0.15, 0.2) is 12.4 Å². The Kier molecular flexibility index (Phi) is 4.83. The van der Waals surface area contributed by atoms with E-state index in [1.54, 1.807) is 19.5 Å². The van der Waals surface area contributed by atoms with Crippen LogP contribution in [-0.4, -0.2) is 29.1 Å². The van der Waals surface area contributed by atoms with Crippen molar-refractivity contribution in [1.29, 1.82) is 0 Å². The molecule has 1 aromatic rings. The van der Waals surface area contributed by atoms with Crippen LogP contribution in [0.1, 0.15) is 25.6 Å². The Morgan fingerprint density at radius 1 is 1.73 bits per heavy atom. The van der Waals surface area contributed by atoms with Gasteiger partial charge in [-0.1, -0.05) is 0 Å². The molecule has 1 aromatic heterocycles. The van der Waals surface area contributed by atoms with Crippen LogP contribution in [0.25, 0.3) is 0 Å². The molecule has 0 aliphatic heterocycles. The molecule has 0 bridgehead atoms. The summed E-state index contributed by atoms with van der Waals surface area (Å²) >= 11 is 0. The first-order chi connectivity index (χ1) is 7.22. The number of aromatic amines is 1. The number of carbonyl (C=O) groups is 1. The van der Waals surface area contributed by atoms with E-state index >= 15 is 0 Å². The summed E-state index contributed by atoms with van der Waals surface area (Å²) in [6, 6.07) is 0. The second kappa shape index (κ2) is 6.19. The highest BCUT2D eigenvalue weighted by molar-refractivity contribution is 5.75. The molecule has 1 atom stereocenters. The summed E-state index contributed by atoms with van der Waals surface area (Å²) in [6.07, 6.45) is 4.73. The van der Waals surface area contributed by atoms with Crippen LogP contribution in [0.2, 0.25) is 0 Å². The molecule has 0 aliphatic carbocycles. The maximum absolute atomic E-state index is 11.4. The van der Waals surface area contributed by atoms with Gasteiger partial charge in [-0.25, -0.2) is 4.98 Å². The Balaban J connectivity index is 2.14. The van der Waals surface area contributed by atoms with Gasteiger partial charge < -0.3 is 15.0 Å². The second-order valence-electron chi connectivity index (χ2n) is 3.40. The third-order valence-electron chi connectivity index (χ3n) is 2.19. The largest absolute Gasteiger partial charge is 0.382 e. The number of nitrogens with zero attached hydrogens (tertiary/aromatic N) is 1. The van der Waals surface area contributed by atoms with Crippen molar-refractivity contribution in [3.63, 3.8) is 0 Å². The summed E-state index contributed by atoms with van der Waals surface area (Å²) in [5.41, 5.74) is 0. The SMILES string of the molecule is COC(C)CCC(=O)NCc1ncc[nH]1. The number of imidazole rings is 1. The number of hydrogen-bond acceptors (Lipinski definition) is 3. The third kappa shape index (κ3) is 4.60. The Morgan fingerprint density at radius 2 is 2.53 bits per heavy atom. The highest BCUT2D eigenvalue weighted by Crippen LogP contribution is 1.99. The van der Waals surface area contributed by atoms with Gasteiger partial charge in [0.05, 0.1) is 12.6 Å². The normalized spacial score (nSPS) is 12.4. The van der Waals surface area contributed by atoms with E-state index in [2.05, 4.69) is 15.3 Å². The molecule has 84 valence electrons.